The minimum atomic E-state index is -0.425. The van der Waals surface area contributed by atoms with Gasteiger partial charge in [0, 0.05) is 15.2 Å². The third-order valence-corrected chi connectivity index (χ3v) is 5.77. The molecule has 0 aliphatic heterocycles. The summed E-state index contributed by atoms with van der Waals surface area (Å²) in [6.45, 7) is 0. The number of hydrogen-bond donors (Lipinski definition) is 0. The number of halogens is 1. The van der Waals surface area contributed by atoms with Gasteiger partial charge >= 0.3 is 0 Å². The first-order chi connectivity index (χ1) is 17.1. The molecule has 0 aliphatic carbocycles. The molecule has 2 heteroatoms. The highest BCUT2D eigenvalue weighted by Crippen LogP contribution is 2.42. The van der Waals surface area contributed by atoms with E-state index in [4.69, 9.17) is 15.4 Å². The number of hydrogen-bond acceptors (Lipinski definition) is 1. The maximum Gasteiger partial charge on any atom is 0.136 e. The lowest BCUT2D eigenvalue weighted by Crippen LogP contribution is -1.87. The fourth-order valence-corrected chi connectivity index (χ4v) is 4.34. The van der Waals surface area contributed by atoms with Gasteiger partial charge in [0.15, 0.2) is 0 Å². The number of rotatable bonds is 1. The molecule has 28 heavy (non-hydrogen) atoms. The van der Waals surface area contributed by atoms with Gasteiger partial charge in [0.2, 0.25) is 0 Å². The molecule has 0 spiro atoms. The molecule has 1 heterocycles. The van der Waals surface area contributed by atoms with Crippen LogP contribution in [0.1, 0.15) is 11.0 Å². The topological polar surface area (TPSA) is 13.1 Å². The lowest BCUT2D eigenvalue weighted by atomic mass is 9.91. The molecule has 5 aromatic carbocycles. The molecule has 1 nitrogen and oxygen atoms in total. The lowest BCUT2D eigenvalue weighted by molar-refractivity contribution is 0.669. The zero-order valence-corrected chi connectivity index (χ0v) is 15.9. The average Bonchev–Trinajstić information content (AvgIpc) is 3.25. The molecular formula is C26H15BrO. The standard InChI is InChI=1S/C26H15BrO/c27-26-21-10-3-1-8-19(21)25(20-9-2-4-11-22(20)26)16-13-14-18-17-7-5-6-12-23(17)28-24(18)15-16/h1-15H/i1D,2D,3D,4D,8D,9D,10D,11D. The van der Waals surface area contributed by atoms with Crippen LogP contribution in [0.25, 0.3) is 54.6 Å². The molecule has 0 N–H and O–H groups in total. The molecule has 0 saturated carbocycles. The number of furan rings is 1. The summed E-state index contributed by atoms with van der Waals surface area (Å²) >= 11 is 3.43. The van der Waals surface area contributed by atoms with E-state index in [1.807, 2.05) is 30.3 Å². The zero-order valence-electron chi connectivity index (χ0n) is 22.3. The van der Waals surface area contributed by atoms with Crippen LogP contribution in [0.3, 0.4) is 0 Å². The van der Waals surface area contributed by atoms with Crippen LogP contribution in [0.4, 0.5) is 0 Å². The van der Waals surface area contributed by atoms with Gasteiger partial charge in [-0.15, -0.1) is 0 Å². The molecule has 0 fully saturated rings. The van der Waals surface area contributed by atoms with Crippen LogP contribution >= 0.6 is 15.9 Å². The normalized spacial score (nSPS) is 15.8. The van der Waals surface area contributed by atoms with Crippen molar-refractivity contribution in [2.75, 3.05) is 0 Å². The van der Waals surface area contributed by atoms with Crippen molar-refractivity contribution in [2.45, 2.75) is 0 Å². The Hall–Kier alpha value is -3.10. The summed E-state index contributed by atoms with van der Waals surface area (Å²) in [7, 11) is 0. The van der Waals surface area contributed by atoms with E-state index in [1.54, 1.807) is 12.1 Å². The molecule has 6 rings (SSSR count). The van der Waals surface area contributed by atoms with Crippen molar-refractivity contribution in [1.82, 2.24) is 0 Å². The maximum absolute atomic E-state index is 8.73. The van der Waals surface area contributed by atoms with Gasteiger partial charge in [-0.05, 0) is 66.8 Å². The van der Waals surface area contributed by atoms with Crippen molar-refractivity contribution in [3.8, 4) is 11.1 Å². The van der Waals surface area contributed by atoms with Crippen molar-refractivity contribution in [3.63, 3.8) is 0 Å². The van der Waals surface area contributed by atoms with E-state index in [0.29, 0.717) is 22.3 Å². The Kier molecular flexibility index (Phi) is 2.10. The molecule has 1 aromatic heterocycles. The molecule has 0 radical (unpaired) electrons. The highest BCUT2D eigenvalue weighted by atomic mass is 79.9. The summed E-state index contributed by atoms with van der Waals surface area (Å²) in [6, 6.07) is 10.1. The minimum Gasteiger partial charge on any atom is -0.456 e. The van der Waals surface area contributed by atoms with E-state index < -0.39 is 24.2 Å². The van der Waals surface area contributed by atoms with Gasteiger partial charge in [-0.2, -0.15) is 0 Å². The Balaban J connectivity index is 1.91. The van der Waals surface area contributed by atoms with E-state index in [0.717, 1.165) is 10.8 Å². The van der Waals surface area contributed by atoms with Crippen molar-refractivity contribution in [3.05, 3.63) is 95.3 Å². The number of fused-ring (bicyclic) bond motifs is 5. The van der Waals surface area contributed by atoms with E-state index in [2.05, 4.69) is 15.9 Å². The molecule has 132 valence electrons. The molecule has 0 bridgehead atoms. The maximum atomic E-state index is 8.73. The van der Waals surface area contributed by atoms with Crippen LogP contribution in [0.15, 0.2) is 99.7 Å². The number of para-hydroxylation sites is 1. The van der Waals surface area contributed by atoms with Gasteiger partial charge in [-0.3, -0.25) is 0 Å². The fourth-order valence-electron chi connectivity index (χ4n) is 3.75. The number of benzene rings is 5. The van der Waals surface area contributed by atoms with Crippen LogP contribution in [0, 0.1) is 0 Å². The van der Waals surface area contributed by atoms with E-state index in [9.17, 15) is 0 Å². The third kappa shape index (κ3) is 2.18. The molecule has 0 saturated heterocycles. The van der Waals surface area contributed by atoms with E-state index >= 15 is 0 Å². The van der Waals surface area contributed by atoms with Crippen molar-refractivity contribution >= 4 is 59.4 Å². The Morgan fingerprint density at radius 1 is 0.643 bits per heavy atom. The average molecular weight is 431 g/mol. The molecule has 0 atom stereocenters. The Labute approximate surface area is 181 Å². The van der Waals surface area contributed by atoms with Gasteiger partial charge in [-0.25, -0.2) is 0 Å². The van der Waals surface area contributed by atoms with Crippen LogP contribution in [0.2, 0.25) is 0 Å². The summed E-state index contributed by atoms with van der Waals surface area (Å²) < 4.78 is 73.9. The second-order valence-electron chi connectivity index (χ2n) is 6.50. The minimum absolute atomic E-state index is 0.151. The fraction of sp³-hybridized carbons (Fsp3) is 0. The monoisotopic (exact) mass is 430 g/mol. The van der Waals surface area contributed by atoms with Crippen molar-refractivity contribution in [2.24, 2.45) is 0 Å². The summed E-state index contributed by atoms with van der Waals surface area (Å²) in [6.07, 6.45) is 0. The van der Waals surface area contributed by atoms with Gasteiger partial charge in [0.25, 0.3) is 0 Å². The van der Waals surface area contributed by atoms with E-state index in [1.165, 1.54) is 0 Å². The van der Waals surface area contributed by atoms with Gasteiger partial charge in [0.1, 0.15) is 11.2 Å². The highest BCUT2D eigenvalue weighted by molar-refractivity contribution is 9.10. The van der Waals surface area contributed by atoms with Gasteiger partial charge in [-0.1, -0.05) is 72.6 Å². The molecule has 0 unspecified atom stereocenters. The molecule has 6 aromatic rings. The Morgan fingerprint density at radius 2 is 1.25 bits per heavy atom. The van der Waals surface area contributed by atoms with Crippen molar-refractivity contribution < 1.29 is 15.4 Å². The third-order valence-electron chi connectivity index (χ3n) is 4.98. The lowest BCUT2D eigenvalue weighted by Gasteiger charge is -2.14. The van der Waals surface area contributed by atoms with Crippen LogP contribution in [-0.2, 0) is 0 Å². The first-order valence-corrected chi connectivity index (χ1v) is 9.46. The quantitative estimate of drug-likeness (QED) is 0.239. The molecule has 0 amide bonds. The largest absolute Gasteiger partial charge is 0.456 e. The van der Waals surface area contributed by atoms with Crippen LogP contribution in [-0.4, -0.2) is 0 Å². The predicted molar refractivity (Wildman–Crippen MR) is 122 cm³/mol. The van der Waals surface area contributed by atoms with Crippen molar-refractivity contribution in [1.29, 1.82) is 0 Å². The molecular weight excluding hydrogens is 408 g/mol. The molecule has 0 aliphatic rings. The Morgan fingerprint density at radius 3 is 1.96 bits per heavy atom. The van der Waals surface area contributed by atoms with Gasteiger partial charge in [0.05, 0.1) is 11.0 Å². The highest BCUT2D eigenvalue weighted by Gasteiger charge is 2.15. The first kappa shape index (κ1) is 9.90. The SMILES string of the molecule is [2H]c1c([2H])c([2H])c2c(-c3ccc4c(c3)oc3ccccc34)c3c([2H])c([2H])c([2H])c([2H])c3c(Br)c2c1[2H]. The zero-order chi connectivity index (χ0) is 25.6. The van der Waals surface area contributed by atoms with E-state index in [-0.39, 0.29) is 50.2 Å². The smallest absolute Gasteiger partial charge is 0.136 e. The second-order valence-corrected chi connectivity index (χ2v) is 7.29. The van der Waals surface area contributed by atoms with Crippen LogP contribution < -0.4 is 0 Å². The van der Waals surface area contributed by atoms with Crippen LogP contribution in [0.5, 0.6) is 0 Å². The Bertz CT molecular complexity index is 1860. The summed E-state index contributed by atoms with van der Waals surface area (Å²) in [4.78, 5) is 0. The summed E-state index contributed by atoms with van der Waals surface area (Å²) in [5.74, 6) is 0. The first-order valence-electron chi connectivity index (χ1n) is 12.7. The second kappa shape index (κ2) is 5.95. The summed E-state index contributed by atoms with van der Waals surface area (Å²) in [5.41, 5.74) is 2.06. The summed E-state index contributed by atoms with van der Waals surface area (Å²) in [5, 5.41) is 2.43. The predicted octanol–water partition coefficient (Wildman–Crippen LogP) is 8.32. The van der Waals surface area contributed by atoms with Gasteiger partial charge < -0.3 is 4.42 Å².